The Labute approximate surface area is 172 Å². The Morgan fingerprint density at radius 3 is 2.60 bits per heavy atom. The quantitative estimate of drug-likeness (QED) is 0.631. The Bertz CT molecular complexity index is 1120. The number of alkyl halides is 3. The van der Waals surface area contributed by atoms with Crippen LogP contribution < -0.4 is 10.9 Å². The van der Waals surface area contributed by atoms with Crippen molar-refractivity contribution >= 4 is 27.7 Å². The summed E-state index contributed by atoms with van der Waals surface area (Å²) in [6.07, 6.45) is -3.53. The van der Waals surface area contributed by atoms with E-state index in [1.807, 2.05) is 30.3 Å². The van der Waals surface area contributed by atoms with Crippen molar-refractivity contribution in [2.24, 2.45) is 0 Å². The minimum atomic E-state index is -5.10. The number of nitrogens with zero attached hydrogens (tertiary/aromatic N) is 3. The number of nitrogens with one attached hydrogen (secondary N) is 1. The van der Waals surface area contributed by atoms with Crippen LogP contribution in [0, 0.1) is 0 Å². The summed E-state index contributed by atoms with van der Waals surface area (Å²) in [5, 5.41) is 3.02. The molecule has 4 rings (SSSR count). The Hall–Kier alpha value is -2.79. The van der Waals surface area contributed by atoms with E-state index in [2.05, 4.69) is 14.7 Å². The molecule has 1 aliphatic rings. The number of hydrogen-bond donors (Lipinski definition) is 1. The number of piperidine rings is 1. The van der Waals surface area contributed by atoms with Gasteiger partial charge in [-0.15, -0.1) is 0 Å². The van der Waals surface area contributed by atoms with Crippen LogP contribution in [0.3, 0.4) is 0 Å². The van der Waals surface area contributed by atoms with Gasteiger partial charge < -0.3 is 10.1 Å². The van der Waals surface area contributed by atoms with E-state index < -0.39 is 23.3 Å². The second kappa shape index (κ2) is 7.80. The molecule has 30 heavy (non-hydrogen) atoms. The molecule has 0 saturated carbocycles. The zero-order valence-electron chi connectivity index (χ0n) is 15.6. The number of fused-ring (bicyclic) bond motifs is 1. The molecule has 0 unspecified atom stereocenters. The highest BCUT2D eigenvalue weighted by atomic mass is 32.1. The van der Waals surface area contributed by atoms with Gasteiger partial charge in [0.05, 0.1) is 12.9 Å². The summed E-state index contributed by atoms with van der Waals surface area (Å²) in [5.74, 6) is -2.25. The van der Waals surface area contributed by atoms with Crippen LogP contribution in [0.4, 0.5) is 13.2 Å². The monoisotopic (exact) mass is 438 g/mol. The number of esters is 1. The first-order valence-electron chi connectivity index (χ1n) is 9.20. The largest absolute Gasteiger partial charge is 0.490 e. The van der Waals surface area contributed by atoms with Gasteiger partial charge in [0.15, 0.2) is 0 Å². The first-order chi connectivity index (χ1) is 14.3. The Kier molecular flexibility index (Phi) is 5.33. The van der Waals surface area contributed by atoms with E-state index in [0.29, 0.717) is 29.0 Å². The summed E-state index contributed by atoms with van der Waals surface area (Å²) < 4.78 is 49.1. The number of carbonyl (C=O) groups excluding carboxylic acids is 1. The van der Waals surface area contributed by atoms with Crippen LogP contribution in [-0.4, -0.2) is 44.8 Å². The average Bonchev–Trinajstić information content (AvgIpc) is 3.16. The van der Waals surface area contributed by atoms with Crippen molar-refractivity contribution in [3.05, 3.63) is 47.0 Å². The molecule has 0 radical (unpaired) electrons. The van der Waals surface area contributed by atoms with Gasteiger partial charge in [-0.3, -0.25) is 9.36 Å². The third-order valence-electron chi connectivity index (χ3n) is 5.01. The van der Waals surface area contributed by atoms with Crippen LogP contribution in [0.2, 0.25) is 0 Å². The summed E-state index contributed by atoms with van der Waals surface area (Å²) in [5.41, 5.74) is -0.0636. The highest BCUT2D eigenvalue weighted by molar-refractivity contribution is 7.13. The van der Waals surface area contributed by atoms with Gasteiger partial charge >= 0.3 is 12.1 Å². The molecule has 3 heterocycles. The molecular weight excluding hydrogens is 421 g/mol. The van der Waals surface area contributed by atoms with Crippen molar-refractivity contribution < 1.29 is 22.7 Å². The molecule has 0 atom stereocenters. The number of benzene rings is 1. The minimum absolute atomic E-state index is 0.150. The summed E-state index contributed by atoms with van der Waals surface area (Å²) >= 11 is 0.983. The fourth-order valence-electron chi connectivity index (χ4n) is 3.49. The molecule has 1 aliphatic heterocycles. The molecular formula is C19H17F3N4O3S. The molecule has 0 aliphatic carbocycles. The van der Waals surface area contributed by atoms with Gasteiger partial charge in [-0.05, 0) is 24.6 Å². The summed E-state index contributed by atoms with van der Waals surface area (Å²) in [7, 11) is 0. The third kappa shape index (κ3) is 3.94. The Balaban J connectivity index is 1.69. The molecule has 0 amide bonds. The fraction of sp³-hybridized carbons (Fsp3) is 0.368. The molecule has 0 bridgehead atoms. The highest BCUT2D eigenvalue weighted by Crippen LogP contribution is 2.30. The average molecular weight is 438 g/mol. The number of rotatable bonds is 4. The maximum absolute atomic E-state index is 13.0. The number of ether oxygens (including phenoxy) is 1. The lowest BCUT2D eigenvalue weighted by Gasteiger charge is -2.37. The van der Waals surface area contributed by atoms with Gasteiger partial charge in [-0.25, -0.2) is 9.78 Å². The molecule has 1 N–H and O–H groups in total. The number of aromatic nitrogens is 3. The molecule has 1 aromatic carbocycles. The molecule has 2 aromatic heterocycles. The molecule has 1 saturated heterocycles. The van der Waals surface area contributed by atoms with Crippen molar-refractivity contribution in [1.82, 2.24) is 19.2 Å². The van der Waals surface area contributed by atoms with E-state index in [1.165, 1.54) is 10.9 Å². The van der Waals surface area contributed by atoms with Crippen LogP contribution in [0.25, 0.3) is 21.5 Å². The van der Waals surface area contributed by atoms with Crippen LogP contribution in [-0.2, 0) is 16.1 Å². The smallest absolute Gasteiger partial charge is 0.450 e. The SMILES string of the molecule is O=C(OC1(Cn2cnc3c(-c4ccccc4)nsc3c2=O)CCNCC1)C(F)(F)F. The lowest BCUT2D eigenvalue weighted by atomic mass is 9.91. The lowest BCUT2D eigenvalue weighted by molar-refractivity contribution is -0.217. The van der Waals surface area contributed by atoms with Crippen molar-refractivity contribution in [1.29, 1.82) is 0 Å². The Morgan fingerprint density at radius 1 is 1.23 bits per heavy atom. The minimum Gasteiger partial charge on any atom is -0.450 e. The van der Waals surface area contributed by atoms with Crippen molar-refractivity contribution in [3.63, 3.8) is 0 Å². The van der Waals surface area contributed by atoms with Crippen LogP contribution in [0.1, 0.15) is 12.8 Å². The van der Waals surface area contributed by atoms with E-state index >= 15 is 0 Å². The van der Waals surface area contributed by atoms with Gasteiger partial charge in [-0.2, -0.15) is 17.5 Å². The van der Waals surface area contributed by atoms with Gasteiger partial charge in [0.1, 0.15) is 21.5 Å². The predicted molar refractivity (Wildman–Crippen MR) is 104 cm³/mol. The summed E-state index contributed by atoms with van der Waals surface area (Å²) in [4.78, 5) is 28.8. The lowest BCUT2D eigenvalue weighted by Crippen LogP contribution is -2.51. The number of halogens is 3. The van der Waals surface area contributed by atoms with Crippen LogP contribution >= 0.6 is 11.5 Å². The first kappa shape index (κ1) is 20.5. The van der Waals surface area contributed by atoms with E-state index in [9.17, 15) is 22.8 Å². The first-order valence-corrected chi connectivity index (χ1v) is 9.98. The second-order valence-corrected chi connectivity index (χ2v) is 7.85. The van der Waals surface area contributed by atoms with E-state index in [1.54, 1.807) is 0 Å². The molecule has 11 heteroatoms. The molecule has 7 nitrogen and oxygen atoms in total. The van der Waals surface area contributed by atoms with Crippen molar-refractivity contribution in [2.45, 2.75) is 31.2 Å². The van der Waals surface area contributed by atoms with Crippen LogP contribution in [0.5, 0.6) is 0 Å². The van der Waals surface area contributed by atoms with Gasteiger partial charge in [-0.1, -0.05) is 30.3 Å². The molecule has 3 aromatic rings. The van der Waals surface area contributed by atoms with E-state index in [4.69, 9.17) is 4.74 Å². The maximum atomic E-state index is 13.0. The normalized spacial score (nSPS) is 16.5. The van der Waals surface area contributed by atoms with E-state index in [0.717, 1.165) is 17.1 Å². The zero-order valence-corrected chi connectivity index (χ0v) is 16.4. The molecule has 158 valence electrons. The van der Waals surface area contributed by atoms with Crippen LogP contribution in [0.15, 0.2) is 41.5 Å². The Morgan fingerprint density at radius 2 is 1.93 bits per heavy atom. The van der Waals surface area contributed by atoms with Gasteiger partial charge in [0.2, 0.25) is 0 Å². The highest BCUT2D eigenvalue weighted by Gasteiger charge is 2.47. The maximum Gasteiger partial charge on any atom is 0.490 e. The summed E-state index contributed by atoms with van der Waals surface area (Å²) in [6.45, 7) is 0.527. The zero-order chi connectivity index (χ0) is 21.4. The third-order valence-corrected chi connectivity index (χ3v) is 5.83. The summed E-state index contributed by atoms with van der Waals surface area (Å²) in [6, 6.07) is 9.25. The topological polar surface area (TPSA) is 86.1 Å². The van der Waals surface area contributed by atoms with Gasteiger partial charge in [0, 0.05) is 18.4 Å². The van der Waals surface area contributed by atoms with Crippen molar-refractivity contribution in [3.8, 4) is 11.3 Å². The van der Waals surface area contributed by atoms with Crippen molar-refractivity contribution in [2.75, 3.05) is 13.1 Å². The van der Waals surface area contributed by atoms with E-state index in [-0.39, 0.29) is 19.4 Å². The molecule has 0 spiro atoms. The standard InChI is InChI=1S/C19H17F3N4O3S/c20-19(21,22)17(28)29-18(6-8-23-9-7-18)10-26-11-24-14-13(12-4-2-1-3-5-12)25-30-15(14)16(26)27/h1-5,11,23H,6-10H2. The number of carbonyl (C=O) groups is 1. The predicted octanol–water partition coefficient (Wildman–Crippen LogP) is 2.75. The number of hydrogen-bond acceptors (Lipinski definition) is 7. The second-order valence-electron chi connectivity index (χ2n) is 7.07. The fourth-order valence-corrected chi connectivity index (χ4v) is 4.30. The van der Waals surface area contributed by atoms with Gasteiger partial charge in [0.25, 0.3) is 5.56 Å². The molecule has 1 fully saturated rings.